The van der Waals surface area contributed by atoms with Crippen LogP contribution in [-0.2, 0) is 4.79 Å². The number of hydrogen-bond acceptors (Lipinski definition) is 9. The Bertz CT molecular complexity index is 1240. The lowest BCUT2D eigenvalue weighted by Gasteiger charge is -2.28. The quantitative estimate of drug-likeness (QED) is 0.438. The second kappa shape index (κ2) is 8.34. The van der Waals surface area contributed by atoms with Gasteiger partial charge in [-0.3, -0.25) is 14.9 Å². The van der Waals surface area contributed by atoms with Crippen LogP contribution < -0.4 is 20.1 Å². The zero-order valence-corrected chi connectivity index (χ0v) is 17.4. The Hall–Kier alpha value is -4.48. The Morgan fingerprint density at radius 1 is 1.19 bits per heavy atom. The number of amides is 1. The smallest absolute Gasteiger partial charge is 0.311 e. The minimum absolute atomic E-state index is 0.102. The summed E-state index contributed by atoms with van der Waals surface area (Å²) in [7, 11) is 2.85. The first-order chi connectivity index (χ1) is 15.4. The van der Waals surface area contributed by atoms with Crippen LogP contribution in [0.4, 0.5) is 17.3 Å². The lowest BCUT2D eigenvalue weighted by molar-refractivity contribution is -0.385. The fourth-order valence-corrected chi connectivity index (χ4v) is 3.57. The van der Waals surface area contributed by atoms with E-state index in [0.29, 0.717) is 28.6 Å². The normalized spacial score (nSPS) is 14.9. The Morgan fingerprint density at radius 2 is 1.94 bits per heavy atom. The molecule has 4 rings (SSSR count). The van der Waals surface area contributed by atoms with Gasteiger partial charge in [0, 0.05) is 11.8 Å². The van der Waals surface area contributed by atoms with Crippen molar-refractivity contribution in [3.05, 3.63) is 69.4 Å². The monoisotopic (exact) mass is 437 g/mol. The van der Waals surface area contributed by atoms with E-state index in [2.05, 4.69) is 26.2 Å². The summed E-state index contributed by atoms with van der Waals surface area (Å²) in [6.07, 6.45) is 0. The van der Waals surface area contributed by atoms with Crippen molar-refractivity contribution < 1.29 is 19.2 Å². The third-order valence-corrected chi connectivity index (χ3v) is 5.03. The van der Waals surface area contributed by atoms with Crippen LogP contribution in [0.1, 0.15) is 18.5 Å². The van der Waals surface area contributed by atoms with E-state index in [0.717, 1.165) is 0 Å². The molecule has 0 saturated heterocycles. The topological polar surface area (TPSA) is 146 Å². The number of tetrazole rings is 1. The molecule has 1 aliphatic rings. The number of nitrogens with zero attached hydrogens (tertiary/aromatic N) is 5. The highest BCUT2D eigenvalue weighted by molar-refractivity contribution is 6.06. The van der Waals surface area contributed by atoms with E-state index in [1.807, 2.05) is 0 Å². The Balaban J connectivity index is 1.81. The Morgan fingerprint density at radius 3 is 2.66 bits per heavy atom. The summed E-state index contributed by atoms with van der Waals surface area (Å²) in [5.74, 6) is 0.455. The maximum absolute atomic E-state index is 13.4. The molecule has 0 unspecified atom stereocenters. The van der Waals surface area contributed by atoms with Crippen LogP contribution in [-0.4, -0.2) is 45.3 Å². The summed E-state index contributed by atoms with van der Waals surface area (Å²) in [6, 6.07) is 10.6. The minimum atomic E-state index is -0.819. The van der Waals surface area contributed by atoms with Crippen molar-refractivity contribution >= 4 is 23.2 Å². The number of fused-ring (bicyclic) bond motifs is 1. The minimum Gasteiger partial charge on any atom is -0.495 e. The van der Waals surface area contributed by atoms with Crippen LogP contribution in [0.3, 0.4) is 0 Å². The maximum Gasteiger partial charge on any atom is 0.311 e. The molecule has 1 atom stereocenters. The van der Waals surface area contributed by atoms with Crippen molar-refractivity contribution in [3.8, 4) is 11.5 Å². The molecule has 12 heteroatoms. The van der Waals surface area contributed by atoms with E-state index in [9.17, 15) is 14.9 Å². The standard InChI is InChI=1S/C20H19N7O5/c1-11-17(19(28)22-13-6-4-5-7-15(13)31-2)18(26-20(21-11)23-24-25-26)12-8-9-16(32-3)14(10-12)27(29)30/h4-10,18H,1-3H3,(H,22,28)(H,21,23,25)/t18-/m0/s1. The van der Waals surface area contributed by atoms with Gasteiger partial charge in [0.1, 0.15) is 11.8 Å². The molecule has 3 aromatic rings. The molecule has 0 radical (unpaired) electrons. The fourth-order valence-electron chi connectivity index (χ4n) is 3.57. The van der Waals surface area contributed by atoms with E-state index in [1.54, 1.807) is 37.3 Å². The molecular weight excluding hydrogens is 418 g/mol. The van der Waals surface area contributed by atoms with E-state index in [4.69, 9.17) is 9.47 Å². The number of nitro benzene ring substituents is 1. The number of aromatic nitrogens is 4. The van der Waals surface area contributed by atoms with Crippen molar-refractivity contribution in [2.24, 2.45) is 0 Å². The molecule has 2 N–H and O–H groups in total. The predicted octanol–water partition coefficient (Wildman–Crippen LogP) is 2.53. The average Bonchev–Trinajstić information content (AvgIpc) is 3.25. The van der Waals surface area contributed by atoms with Gasteiger partial charge < -0.3 is 20.1 Å². The average molecular weight is 437 g/mol. The first-order valence-corrected chi connectivity index (χ1v) is 9.47. The number of carbonyl (C=O) groups is 1. The van der Waals surface area contributed by atoms with Gasteiger partial charge in [-0.15, -0.1) is 0 Å². The molecule has 0 bridgehead atoms. The van der Waals surface area contributed by atoms with Crippen LogP contribution in [0.2, 0.25) is 0 Å². The van der Waals surface area contributed by atoms with Gasteiger partial charge in [-0.2, -0.15) is 4.68 Å². The van der Waals surface area contributed by atoms with Gasteiger partial charge in [-0.1, -0.05) is 23.3 Å². The third-order valence-electron chi connectivity index (χ3n) is 5.03. The van der Waals surface area contributed by atoms with Gasteiger partial charge in [0.25, 0.3) is 5.91 Å². The number of para-hydroxylation sites is 2. The summed E-state index contributed by atoms with van der Waals surface area (Å²) in [6.45, 7) is 1.71. The molecule has 0 saturated carbocycles. The number of carbonyl (C=O) groups excluding carboxylic acids is 1. The summed E-state index contributed by atoms with van der Waals surface area (Å²) in [4.78, 5) is 24.4. The Labute approximate surface area is 182 Å². The molecule has 164 valence electrons. The number of rotatable bonds is 6. The molecule has 2 aromatic carbocycles. The Kier molecular flexibility index (Phi) is 5.41. The van der Waals surface area contributed by atoms with Crippen LogP contribution in [0.25, 0.3) is 0 Å². The first-order valence-electron chi connectivity index (χ1n) is 9.47. The van der Waals surface area contributed by atoms with Crippen LogP contribution >= 0.6 is 0 Å². The largest absolute Gasteiger partial charge is 0.495 e. The van der Waals surface area contributed by atoms with E-state index in [-0.39, 0.29) is 17.0 Å². The summed E-state index contributed by atoms with van der Waals surface area (Å²) in [5.41, 5.74) is 1.47. The second-order valence-corrected chi connectivity index (χ2v) is 6.86. The van der Waals surface area contributed by atoms with E-state index >= 15 is 0 Å². The zero-order chi connectivity index (χ0) is 22.8. The highest BCUT2D eigenvalue weighted by Crippen LogP contribution is 2.38. The first kappa shape index (κ1) is 20.8. The second-order valence-electron chi connectivity index (χ2n) is 6.86. The number of nitro groups is 1. The highest BCUT2D eigenvalue weighted by Gasteiger charge is 2.35. The summed E-state index contributed by atoms with van der Waals surface area (Å²) >= 11 is 0. The molecule has 1 aliphatic heterocycles. The lowest BCUT2D eigenvalue weighted by atomic mass is 9.94. The summed E-state index contributed by atoms with van der Waals surface area (Å²) in [5, 5.41) is 29.0. The van der Waals surface area contributed by atoms with Crippen molar-refractivity contribution in [3.63, 3.8) is 0 Å². The third kappa shape index (κ3) is 3.57. The van der Waals surface area contributed by atoms with Crippen LogP contribution in [0.15, 0.2) is 53.7 Å². The number of methoxy groups -OCH3 is 2. The number of hydrogen-bond donors (Lipinski definition) is 2. The molecule has 0 aliphatic carbocycles. The molecule has 32 heavy (non-hydrogen) atoms. The molecule has 1 amide bonds. The fraction of sp³-hybridized carbons (Fsp3) is 0.200. The number of ether oxygens (including phenoxy) is 2. The molecule has 0 fully saturated rings. The SMILES string of the molecule is COc1ccccc1NC(=O)C1=C(C)Nc2nnnn2[C@H]1c1ccc(OC)c([N+](=O)[O-])c1. The molecule has 2 heterocycles. The van der Waals surface area contributed by atoms with Crippen LogP contribution in [0.5, 0.6) is 11.5 Å². The van der Waals surface area contributed by atoms with Crippen LogP contribution in [0, 0.1) is 10.1 Å². The van der Waals surface area contributed by atoms with Crippen molar-refractivity contribution in [1.29, 1.82) is 0 Å². The van der Waals surface area contributed by atoms with Crippen molar-refractivity contribution in [1.82, 2.24) is 20.2 Å². The zero-order valence-electron chi connectivity index (χ0n) is 17.4. The molecular formula is C20H19N7O5. The van der Waals surface area contributed by atoms with Crippen molar-refractivity contribution in [2.75, 3.05) is 24.9 Å². The number of anilines is 2. The van der Waals surface area contributed by atoms with Gasteiger partial charge >= 0.3 is 5.69 Å². The van der Waals surface area contributed by atoms with Gasteiger partial charge in [0.05, 0.1) is 30.4 Å². The van der Waals surface area contributed by atoms with Gasteiger partial charge in [0.15, 0.2) is 5.75 Å². The van der Waals surface area contributed by atoms with Crippen molar-refractivity contribution in [2.45, 2.75) is 13.0 Å². The predicted molar refractivity (Wildman–Crippen MR) is 114 cm³/mol. The van der Waals surface area contributed by atoms with E-state index in [1.165, 1.54) is 31.0 Å². The number of nitrogens with one attached hydrogen (secondary N) is 2. The molecule has 1 aromatic heterocycles. The number of allylic oxidation sites excluding steroid dienone is 1. The maximum atomic E-state index is 13.4. The van der Waals surface area contributed by atoms with E-state index < -0.39 is 16.9 Å². The lowest BCUT2D eigenvalue weighted by Crippen LogP contribution is -2.31. The van der Waals surface area contributed by atoms with Gasteiger partial charge in [0.2, 0.25) is 5.95 Å². The van der Waals surface area contributed by atoms with Gasteiger partial charge in [-0.25, -0.2) is 0 Å². The van der Waals surface area contributed by atoms with Gasteiger partial charge in [-0.05, 0) is 41.1 Å². The molecule has 12 nitrogen and oxygen atoms in total. The molecule has 0 spiro atoms. The highest BCUT2D eigenvalue weighted by atomic mass is 16.6. The summed E-state index contributed by atoms with van der Waals surface area (Å²) < 4.78 is 11.8. The number of benzene rings is 2.